The monoisotopic (exact) mass is 372 g/mol. The van der Waals surface area contributed by atoms with Crippen molar-refractivity contribution >= 4 is 0 Å². The van der Waals surface area contributed by atoms with Crippen LogP contribution in [0.2, 0.25) is 0 Å². The summed E-state index contributed by atoms with van der Waals surface area (Å²) in [5.74, 6) is 0. The molecule has 1 heterocycles. The van der Waals surface area contributed by atoms with Gasteiger partial charge in [0.2, 0.25) is 0 Å². The van der Waals surface area contributed by atoms with Crippen LogP contribution in [0.5, 0.6) is 0 Å². The molecule has 26 heavy (non-hydrogen) atoms. The van der Waals surface area contributed by atoms with E-state index in [1.807, 2.05) is 0 Å². The third-order valence-electron chi connectivity index (χ3n) is 4.97. The van der Waals surface area contributed by atoms with Crippen LogP contribution in [-0.2, 0) is 9.47 Å². The SMILES string of the molecule is CCCCCCCC/C=C/CCCCCO[C@H](CO)[C@H]1OC[C@H](O)[C@H]1O. The fourth-order valence-electron chi connectivity index (χ4n) is 3.26. The van der Waals surface area contributed by atoms with Crippen molar-refractivity contribution in [1.29, 1.82) is 0 Å². The lowest BCUT2D eigenvalue weighted by atomic mass is 10.1. The van der Waals surface area contributed by atoms with Gasteiger partial charge in [-0.25, -0.2) is 0 Å². The molecule has 0 aliphatic carbocycles. The van der Waals surface area contributed by atoms with Crippen LogP contribution >= 0.6 is 0 Å². The first-order chi connectivity index (χ1) is 12.7. The zero-order valence-corrected chi connectivity index (χ0v) is 16.5. The normalized spacial score (nSPS) is 24.5. The zero-order valence-electron chi connectivity index (χ0n) is 16.5. The summed E-state index contributed by atoms with van der Waals surface area (Å²) in [6, 6.07) is 0. The van der Waals surface area contributed by atoms with Crippen LogP contribution in [-0.4, -0.2) is 59.6 Å². The lowest BCUT2D eigenvalue weighted by Crippen LogP contribution is -2.42. The van der Waals surface area contributed by atoms with Crippen molar-refractivity contribution in [1.82, 2.24) is 0 Å². The average Bonchev–Trinajstić information content (AvgIpc) is 2.98. The predicted octanol–water partition coefficient (Wildman–Crippen LogP) is 3.35. The molecule has 3 N–H and O–H groups in total. The van der Waals surface area contributed by atoms with Crippen LogP contribution in [0.15, 0.2) is 12.2 Å². The highest BCUT2D eigenvalue weighted by atomic mass is 16.6. The van der Waals surface area contributed by atoms with Crippen molar-refractivity contribution in [2.75, 3.05) is 19.8 Å². The number of hydrogen-bond donors (Lipinski definition) is 3. The molecule has 0 bridgehead atoms. The summed E-state index contributed by atoms with van der Waals surface area (Å²) in [5.41, 5.74) is 0. The Hall–Kier alpha value is -0.460. The Kier molecular flexibility index (Phi) is 14.1. The molecule has 0 aromatic rings. The molecule has 1 saturated heterocycles. The summed E-state index contributed by atoms with van der Waals surface area (Å²) in [4.78, 5) is 0. The van der Waals surface area contributed by atoms with E-state index >= 15 is 0 Å². The van der Waals surface area contributed by atoms with Gasteiger partial charge in [0.15, 0.2) is 0 Å². The smallest absolute Gasteiger partial charge is 0.114 e. The van der Waals surface area contributed by atoms with Crippen LogP contribution < -0.4 is 0 Å². The first-order valence-corrected chi connectivity index (χ1v) is 10.6. The summed E-state index contributed by atoms with van der Waals surface area (Å²) in [6.45, 7) is 2.67. The predicted molar refractivity (Wildman–Crippen MR) is 104 cm³/mol. The molecule has 0 unspecified atom stereocenters. The molecule has 4 atom stereocenters. The lowest BCUT2D eigenvalue weighted by molar-refractivity contribution is -0.101. The van der Waals surface area contributed by atoms with Crippen molar-refractivity contribution in [2.45, 2.75) is 102 Å². The molecule has 0 radical (unpaired) electrons. The minimum Gasteiger partial charge on any atom is -0.394 e. The third kappa shape index (κ3) is 10.0. The van der Waals surface area contributed by atoms with E-state index in [1.54, 1.807) is 0 Å². The Labute approximate surface area is 159 Å². The number of rotatable bonds is 16. The van der Waals surface area contributed by atoms with Gasteiger partial charge in [-0.1, -0.05) is 57.6 Å². The molecule has 154 valence electrons. The van der Waals surface area contributed by atoms with Crippen molar-refractivity contribution < 1.29 is 24.8 Å². The average molecular weight is 373 g/mol. The third-order valence-corrected chi connectivity index (χ3v) is 4.97. The molecule has 0 amide bonds. The number of aliphatic hydroxyl groups is 3. The first-order valence-electron chi connectivity index (χ1n) is 10.6. The minimum absolute atomic E-state index is 0.0940. The number of hydrogen-bond acceptors (Lipinski definition) is 5. The van der Waals surface area contributed by atoms with Crippen molar-refractivity contribution in [3.05, 3.63) is 12.2 Å². The number of ether oxygens (including phenoxy) is 2. The van der Waals surface area contributed by atoms with Crippen LogP contribution in [0.1, 0.15) is 77.6 Å². The second kappa shape index (κ2) is 15.6. The Morgan fingerprint density at radius 3 is 2.15 bits per heavy atom. The highest BCUT2D eigenvalue weighted by Gasteiger charge is 2.40. The molecule has 1 rings (SSSR count). The van der Waals surface area contributed by atoms with Gasteiger partial charge in [0.05, 0.1) is 13.2 Å². The van der Waals surface area contributed by atoms with Gasteiger partial charge in [-0.15, -0.1) is 0 Å². The highest BCUT2D eigenvalue weighted by Crippen LogP contribution is 2.19. The Bertz CT molecular complexity index is 347. The van der Waals surface area contributed by atoms with E-state index in [0.29, 0.717) is 6.61 Å². The molecule has 1 aliphatic heterocycles. The molecule has 0 aromatic heterocycles. The second-order valence-corrected chi connectivity index (χ2v) is 7.32. The van der Waals surface area contributed by atoms with Gasteiger partial charge >= 0.3 is 0 Å². The molecule has 1 fully saturated rings. The standard InChI is InChI=1S/C21H40O5/c1-2-3-4-5-6-7-8-9-10-11-12-13-14-15-25-19(16-22)21-20(24)18(23)17-26-21/h9-10,18-24H,2-8,11-17H2,1H3/b10-9+/t18-,19+,20+,21+/m0/s1. The molecular weight excluding hydrogens is 332 g/mol. The highest BCUT2D eigenvalue weighted by molar-refractivity contribution is 4.88. The van der Waals surface area contributed by atoms with Gasteiger partial charge in [-0.05, 0) is 32.1 Å². The first kappa shape index (κ1) is 23.6. The van der Waals surface area contributed by atoms with E-state index in [4.69, 9.17) is 9.47 Å². The van der Waals surface area contributed by atoms with E-state index in [9.17, 15) is 15.3 Å². The number of allylic oxidation sites excluding steroid dienone is 2. The van der Waals surface area contributed by atoms with Crippen LogP contribution in [0.25, 0.3) is 0 Å². The topological polar surface area (TPSA) is 79.2 Å². The molecule has 0 saturated carbocycles. The van der Waals surface area contributed by atoms with Gasteiger partial charge in [0.25, 0.3) is 0 Å². The minimum atomic E-state index is -0.982. The summed E-state index contributed by atoms with van der Waals surface area (Å²) < 4.78 is 10.9. The van der Waals surface area contributed by atoms with Crippen molar-refractivity contribution in [3.63, 3.8) is 0 Å². The number of aliphatic hydroxyl groups excluding tert-OH is 3. The zero-order chi connectivity index (χ0) is 19.0. The maximum atomic E-state index is 9.80. The summed E-state index contributed by atoms with van der Waals surface area (Å²) in [6.07, 6.45) is 15.1. The molecular formula is C21H40O5. The number of unbranched alkanes of at least 4 members (excludes halogenated alkanes) is 9. The van der Waals surface area contributed by atoms with Gasteiger partial charge in [-0.3, -0.25) is 0 Å². The summed E-state index contributed by atoms with van der Waals surface area (Å²) >= 11 is 0. The van der Waals surface area contributed by atoms with E-state index in [-0.39, 0.29) is 13.2 Å². The van der Waals surface area contributed by atoms with E-state index in [2.05, 4.69) is 19.1 Å². The molecule has 5 heteroatoms. The maximum absolute atomic E-state index is 9.80. The second-order valence-electron chi connectivity index (χ2n) is 7.32. The Balaban J connectivity index is 1.93. The fourth-order valence-corrected chi connectivity index (χ4v) is 3.26. The summed E-state index contributed by atoms with van der Waals surface area (Å²) in [5, 5.41) is 28.7. The van der Waals surface area contributed by atoms with Gasteiger partial charge in [0, 0.05) is 6.61 Å². The maximum Gasteiger partial charge on any atom is 0.114 e. The lowest BCUT2D eigenvalue weighted by Gasteiger charge is -2.24. The van der Waals surface area contributed by atoms with Gasteiger partial charge < -0.3 is 24.8 Å². The molecule has 1 aliphatic rings. The van der Waals surface area contributed by atoms with E-state index in [0.717, 1.165) is 25.7 Å². The van der Waals surface area contributed by atoms with Crippen LogP contribution in [0, 0.1) is 0 Å². The largest absolute Gasteiger partial charge is 0.394 e. The van der Waals surface area contributed by atoms with Crippen LogP contribution in [0.4, 0.5) is 0 Å². The van der Waals surface area contributed by atoms with Crippen LogP contribution in [0.3, 0.4) is 0 Å². The van der Waals surface area contributed by atoms with Crippen molar-refractivity contribution in [2.24, 2.45) is 0 Å². The molecule has 0 aromatic carbocycles. The summed E-state index contributed by atoms with van der Waals surface area (Å²) in [7, 11) is 0. The Morgan fingerprint density at radius 2 is 1.58 bits per heavy atom. The molecule has 5 nitrogen and oxygen atoms in total. The fraction of sp³-hybridized carbons (Fsp3) is 0.905. The Morgan fingerprint density at radius 1 is 0.962 bits per heavy atom. The van der Waals surface area contributed by atoms with E-state index in [1.165, 1.54) is 44.9 Å². The van der Waals surface area contributed by atoms with E-state index < -0.39 is 24.4 Å². The quantitative estimate of drug-likeness (QED) is 0.286. The van der Waals surface area contributed by atoms with Gasteiger partial charge in [0.1, 0.15) is 24.4 Å². The molecule has 0 spiro atoms. The van der Waals surface area contributed by atoms with Crippen molar-refractivity contribution in [3.8, 4) is 0 Å². The van der Waals surface area contributed by atoms with Gasteiger partial charge in [-0.2, -0.15) is 0 Å².